The lowest BCUT2D eigenvalue weighted by molar-refractivity contribution is -0.000589. The molecule has 0 spiro atoms. The predicted molar refractivity (Wildman–Crippen MR) is 62.1 cm³/mol. The molecule has 82 valence electrons. The second-order valence-electron chi connectivity index (χ2n) is 4.39. The number of benzene rings is 1. The minimum atomic E-state index is 0.208. The number of ether oxygens (including phenoxy) is 1. The first-order valence-electron chi connectivity index (χ1n) is 5.60. The topological polar surface area (TPSA) is 21.3 Å². The Morgan fingerprint density at radius 3 is 2.80 bits per heavy atom. The highest BCUT2D eigenvalue weighted by atomic mass is 16.5. The Kier molecular flexibility index (Phi) is 3.08. The molecule has 0 saturated carbocycles. The van der Waals surface area contributed by atoms with Gasteiger partial charge in [-0.1, -0.05) is 23.8 Å². The number of nitrogens with one attached hydrogen (secondary N) is 1. The molecule has 2 nitrogen and oxygen atoms in total. The van der Waals surface area contributed by atoms with Gasteiger partial charge in [0.25, 0.3) is 0 Å². The van der Waals surface area contributed by atoms with Gasteiger partial charge in [-0.15, -0.1) is 0 Å². The number of morpholine rings is 1. The first kappa shape index (κ1) is 10.7. The lowest BCUT2D eigenvalue weighted by atomic mass is 9.96. The van der Waals surface area contributed by atoms with Gasteiger partial charge in [-0.25, -0.2) is 0 Å². The second kappa shape index (κ2) is 4.33. The van der Waals surface area contributed by atoms with Crippen LogP contribution in [-0.2, 0) is 4.74 Å². The summed E-state index contributed by atoms with van der Waals surface area (Å²) in [5.74, 6) is 0. The average molecular weight is 205 g/mol. The van der Waals surface area contributed by atoms with Gasteiger partial charge in [0.05, 0.1) is 12.7 Å². The SMILES string of the molecule is Cc1ccc(C2OCCNC2C)c(C)c1. The zero-order chi connectivity index (χ0) is 10.8. The summed E-state index contributed by atoms with van der Waals surface area (Å²) in [6, 6.07) is 6.98. The zero-order valence-electron chi connectivity index (χ0n) is 9.71. The van der Waals surface area contributed by atoms with Crippen LogP contribution in [0.3, 0.4) is 0 Å². The van der Waals surface area contributed by atoms with E-state index < -0.39 is 0 Å². The van der Waals surface area contributed by atoms with Crippen LogP contribution in [0.4, 0.5) is 0 Å². The lowest BCUT2D eigenvalue weighted by Crippen LogP contribution is -2.41. The molecule has 15 heavy (non-hydrogen) atoms. The van der Waals surface area contributed by atoms with Gasteiger partial charge in [-0.3, -0.25) is 0 Å². The molecule has 2 rings (SSSR count). The highest BCUT2D eigenvalue weighted by Crippen LogP contribution is 2.26. The van der Waals surface area contributed by atoms with Crippen LogP contribution in [0.1, 0.15) is 29.7 Å². The Balaban J connectivity index is 2.27. The second-order valence-corrected chi connectivity index (χ2v) is 4.39. The summed E-state index contributed by atoms with van der Waals surface area (Å²) in [6.45, 7) is 8.24. The van der Waals surface area contributed by atoms with E-state index in [2.05, 4.69) is 44.3 Å². The van der Waals surface area contributed by atoms with Crippen molar-refractivity contribution in [2.75, 3.05) is 13.2 Å². The number of rotatable bonds is 1. The van der Waals surface area contributed by atoms with E-state index in [1.807, 2.05) is 0 Å². The van der Waals surface area contributed by atoms with Crippen LogP contribution in [0.25, 0.3) is 0 Å². The molecule has 1 aliphatic rings. The molecule has 0 bridgehead atoms. The van der Waals surface area contributed by atoms with Gasteiger partial charge < -0.3 is 10.1 Å². The number of aryl methyl sites for hydroxylation is 2. The van der Waals surface area contributed by atoms with Crippen LogP contribution >= 0.6 is 0 Å². The van der Waals surface area contributed by atoms with Crippen molar-refractivity contribution in [3.63, 3.8) is 0 Å². The van der Waals surface area contributed by atoms with E-state index >= 15 is 0 Å². The Morgan fingerprint density at radius 1 is 1.33 bits per heavy atom. The maximum atomic E-state index is 5.83. The van der Waals surface area contributed by atoms with Crippen LogP contribution < -0.4 is 5.32 Å². The van der Waals surface area contributed by atoms with Crippen LogP contribution in [0.5, 0.6) is 0 Å². The highest BCUT2D eigenvalue weighted by Gasteiger charge is 2.24. The van der Waals surface area contributed by atoms with Gasteiger partial charge in [0.1, 0.15) is 0 Å². The molecule has 2 unspecified atom stereocenters. The zero-order valence-corrected chi connectivity index (χ0v) is 9.71. The largest absolute Gasteiger partial charge is 0.371 e. The van der Waals surface area contributed by atoms with E-state index in [1.54, 1.807) is 0 Å². The van der Waals surface area contributed by atoms with Crippen molar-refractivity contribution in [1.29, 1.82) is 0 Å². The quantitative estimate of drug-likeness (QED) is 0.760. The highest BCUT2D eigenvalue weighted by molar-refractivity contribution is 5.33. The average Bonchev–Trinajstić information content (AvgIpc) is 2.20. The standard InChI is InChI=1S/C13H19NO/c1-9-4-5-12(10(2)8-9)13-11(3)14-6-7-15-13/h4-5,8,11,13-14H,6-7H2,1-3H3. The van der Waals surface area contributed by atoms with Gasteiger partial charge in [0.2, 0.25) is 0 Å². The maximum Gasteiger partial charge on any atom is 0.0978 e. The fourth-order valence-electron chi connectivity index (χ4n) is 2.23. The van der Waals surface area contributed by atoms with Gasteiger partial charge in [-0.2, -0.15) is 0 Å². The van der Waals surface area contributed by atoms with Gasteiger partial charge in [0.15, 0.2) is 0 Å². The summed E-state index contributed by atoms with van der Waals surface area (Å²) in [5, 5.41) is 3.45. The van der Waals surface area contributed by atoms with Crippen LogP contribution in [0.2, 0.25) is 0 Å². The van der Waals surface area contributed by atoms with E-state index in [-0.39, 0.29) is 6.10 Å². The van der Waals surface area contributed by atoms with Crippen LogP contribution in [0.15, 0.2) is 18.2 Å². The van der Waals surface area contributed by atoms with Gasteiger partial charge in [0, 0.05) is 12.6 Å². The third kappa shape index (κ3) is 2.21. The van der Waals surface area contributed by atoms with Crippen molar-refractivity contribution in [2.45, 2.75) is 32.9 Å². The smallest absolute Gasteiger partial charge is 0.0978 e. The van der Waals surface area contributed by atoms with E-state index in [4.69, 9.17) is 4.74 Å². The molecule has 0 aromatic heterocycles. The summed E-state index contributed by atoms with van der Waals surface area (Å²) < 4.78 is 5.83. The van der Waals surface area contributed by atoms with Crippen molar-refractivity contribution < 1.29 is 4.74 Å². The summed E-state index contributed by atoms with van der Waals surface area (Å²) >= 11 is 0. The Morgan fingerprint density at radius 2 is 2.13 bits per heavy atom. The summed E-state index contributed by atoms with van der Waals surface area (Å²) in [7, 11) is 0. The molecule has 2 atom stereocenters. The monoisotopic (exact) mass is 205 g/mol. The first-order valence-corrected chi connectivity index (χ1v) is 5.60. The van der Waals surface area contributed by atoms with Crippen molar-refractivity contribution in [3.8, 4) is 0 Å². The van der Waals surface area contributed by atoms with Crippen molar-refractivity contribution in [1.82, 2.24) is 5.32 Å². The number of hydrogen-bond acceptors (Lipinski definition) is 2. The van der Waals surface area contributed by atoms with Gasteiger partial charge in [-0.05, 0) is 31.9 Å². The minimum absolute atomic E-state index is 0.208. The third-order valence-electron chi connectivity index (χ3n) is 3.05. The summed E-state index contributed by atoms with van der Waals surface area (Å²) in [4.78, 5) is 0. The Bertz CT molecular complexity index is 348. The molecule has 1 aromatic rings. The molecule has 0 amide bonds. The first-order chi connectivity index (χ1) is 7.18. The van der Waals surface area contributed by atoms with Gasteiger partial charge >= 0.3 is 0 Å². The molecule has 0 aliphatic carbocycles. The molecule has 1 heterocycles. The van der Waals surface area contributed by atoms with E-state index in [0.717, 1.165) is 13.2 Å². The van der Waals surface area contributed by atoms with Crippen molar-refractivity contribution >= 4 is 0 Å². The molecule has 1 fully saturated rings. The third-order valence-corrected chi connectivity index (χ3v) is 3.05. The molecule has 1 aromatic carbocycles. The predicted octanol–water partition coefficient (Wildman–Crippen LogP) is 2.35. The van der Waals surface area contributed by atoms with Crippen molar-refractivity contribution in [3.05, 3.63) is 34.9 Å². The van der Waals surface area contributed by atoms with E-state index in [9.17, 15) is 0 Å². The van der Waals surface area contributed by atoms with Crippen LogP contribution in [-0.4, -0.2) is 19.2 Å². The fraction of sp³-hybridized carbons (Fsp3) is 0.538. The normalized spacial score (nSPS) is 26.6. The van der Waals surface area contributed by atoms with Crippen molar-refractivity contribution in [2.24, 2.45) is 0 Å². The molecule has 0 radical (unpaired) electrons. The molecule has 1 aliphatic heterocycles. The molecule has 2 heteroatoms. The summed E-state index contributed by atoms with van der Waals surface area (Å²) in [6.07, 6.45) is 0.208. The number of hydrogen-bond donors (Lipinski definition) is 1. The molecule has 1 saturated heterocycles. The lowest BCUT2D eigenvalue weighted by Gasteiger charge is -2.31. The molecular formula is C13H19NO. The maximum absolute atomic E-state index is 5.83. The molecule has 1 N–H and O–H groups in total. The van der Waals surface area contributed by atoms with E-state index in [0.29, 0.717) is 6.04 Å². The Labute approximate surface area is 91.6 Å². The minimum Gasteiger partial charge on any atom is -0.371 e. The molecular weight excluding hydrogens is 186 g/mol. The van der Waals surface area contributed by atoms with Crippen LogP contribution in [0, 0.1) is 13.8 Å². The summed E-state index contributed by atoms with van der Waals surface area (Å²) in [5.41, 5.74) is 3.96. The fourth-order valence-corrected chi connectivity index (χ4v) is 2.23. The van der Waals surface area contributed by atoms with E-state index in [1.165, 1.54) is 16.7 Å². The Hall–Kier alpha value is -0.860.